The van der Waals surface area contributed by atoms with Crippen LogP contribution in [0.3, 0.4) is 0 Å². The van der Waals surface area contributed by atoms with E-state index in [2.05, 4.69) is 90.2 Å². The third-order valence-electron chi connectivity index (χ3n) is 4.81. The van der Waals surface area contributed by atoms with Gasteiger partial charge in [-0.15, -0.1) is 0 Å². The largest absolute Gasteiger partial charge is 0.361 e. The Balaban J connectivity index is 1.47. The third-order valence-corrected chi connectivity index (χ3v) is 4.81. The number of para-hydroxylation sites is 1. The Morgan fingerprint density at radius 1 is 0.875 bits per heavy atom. The quantitative estimate of drug-likeness (QED) is 0.519. The number of rotatable bonds is 5. The first kappa shape index (κ1) is 15.0. The molecule has 0 saturated heterocycles. The maximum Gasteiger partial charge on any atom is 0.0456 e. The summed E-state index contributed by atoms with van der Waals surface area (Å²) in [6.45, 7) is 3.21. The highest BCUT2D eigenvalue weighted by Crippen LogP contribution is 2.24. The van der Waals surface area contributed by atoms with Crippen LogP contribution >= 0.6 is 0 Å². The van der Waals surface area contributed by atoms with Gasteiger partial charge in [0, 0.05) is 23.1 Å². The maximum atomic E-state index is 3.68. The average Bonchev–Trinajstić information content (AvgIpc) is 3.04. The second-order valence-electron chi connectivity index (χ2n) is 6.35. The molecule has 0 aliphatic heterocycles. The van der Waals surface area contributed by atoms with Gasteiger partial charge in [-0.2, -0.15) is 0 Å². The van der Waals surface area contributed by atoms with Gasteiger partial charge in [-0.05, 0) is 47.9 Å². The van der Waals surface area contributed by atoms with Crippen LogP contribution < -0.4 is 5.32 Å². The van der Waals surface area contributed by atoms with Crippen molar-refractivity contribution >= 4 is 21.7 Å². The first-order valence-electron chi connectivity index (χ1n) is 8.59. The molecular weight excluding hydrogens is 292 g/mol. The van der Waals surface area contributed by atoms with Crippen LogP contribution in [0.5, 0.6) is 0 Å². The van der Waals surface area contributed by atoms with Crippen molar-refractivity contribution in [2.24, 2.45) is 0 Å². The van der Waals surface area contributed by atoms with Crippen molar-refractivity contribution in [1.29, 1.82) is 0 Å². The van der Waals surface area contributed by atoms with Crippen molar-refractivity contribution in [2.45, 2.75) is 19.4 Å². The van der Waals surface area contributed by atoms with E-state index in [0.717, 1.165) is 13.0 Å². The van der Waals surface area contributed by atoms with E-state index in [1.807, 2.05) is 0 Å². The summed E-state index contributed by atoms with van der Waals surface area (Å²) in [5.74, 6) is 0. The van der Waals surface area contributed by atoms with Gasteiger partial charge in [-0.1, -0.05) is 60.7 Å². The van der Waals surface area contributed by atoms with E-state index in [0.29, 0.717) is 6.04 Å². The Morgan fingerprint density at radius 2 is 1.62 bits per heavy atom. The number of fused-ring (bicyclic) bond motifs is 2. The molecule has 1 unspecified atom stereocenters. The molecule has 0 spiro atoms. The fourth-order valence-corrected chi connectivity index (χ4v) is 3.50. The van der Waals surface area contributed by atoms with Crippen molar-refractivity contribution in [3.63, 3.8) is 0 Å². The van der Waals surface area contributed by atoms with Gasteiger partial charge < -0.3 is 10.3 Å². The topological polar surface area (TPSA) is 27.8 Å². The minimum atomic E-state index is 0.335. The predicted octanol–water partition coefficient (Wildman–Crippen LogP) is 5.21. The van der Waals surface area contributed by atoms with E-state index < -0.39 is 0 Å². The molecule has 2 nitrogen and oxygen atoms in total. The number of aromatic amines is 1. The van der Waals surface area contributed by atoms with Gasteiger partial charge in [0.1, 0.15) is 0 Å². The third kappa shape index (κ3) is 2.81. The highest BCUT2D eigenvalue weighted by molar-refractivity contribution is 5.86. The molecule has 0 amide bonds. The molecule has 0 bridgehead atoms. The minimum Gasteiger partial charge on any atom is -0.361 e. The molecule has 120 valence electrons. The van der Waals surface area contributed by atoms with Crippen LogP contribution in [0.2, 0.25) is 0 Å². The van der Waals surface area contributed by atoms with E-state index >= 15 is 0 Å². The van der Waals surface area contributed by atoms with E-state index in [1.165, 1.54) is 32.8 Å². The lowest BCUT2D eigenvalue weighted by molar-refractivity contribution is 0.581. The zero-order chi connectivity index (χ0) is 16.4. The minimum absolute atomic E-state index is 0.335. The molecule has 1 atom stereocenters. The van der Waals surface area contributed by atoms with Crippen LogP contribution in [0, 0.1) is 0 Å². The molecule has 0 fully saturated rings. The van der Waals surface area contributed by atoms with Crippen LogP contribution in [0.25, 0.3) is 21.7 Å². The van der Waals surface area contributed by atoms with Crippen molar-refractivity contribution in [1.82, 2.24) is 10.3 Å². The molecule has 1 heterocycles. The van der Waals surface area contributed by atoms with E-state index in [4.69, 9.17) is 0 Å². The molecule has 4 aromatic rings. The second-order valence-corrected chi connectivity index (χ2v) is 6.35. The summed E-state index contributed by atoms with van der Waals surface area (Å²) in [6.07, 6.45) is 3.16. The van der Waals surface area contributed by atoms with Gasteiger partial charge >= 0.3 is 0 Å². The fourth-order valence-electron chi connectivity index (χ4n) is 3.50. The highest BCUT2D eigenvalue weighted by Gasteiger charge is 2.09. The van der Waals surface area contributed by atoms with Crippen LogP contribution in [-0.2, 0) is 6.42 Å². The summed E-state index contributed by atoms with van der Waals surface area (Å²) in [7, 11) is 0. The SMILES string of the molecule is CC(NCCc1c[nH]c2ccccc12)c1cccc2ccccc12. The summed E-state index contributed by atoms with van der Waals surface area (Å²) >= 11 is 0. The first-order valence-corrected chi connectivity index (χ1v) is 8.59. The fraction of sp³-hybridized carbons (Fsp3) is 0.182. The Hall–Kier alpha value is -2.58. The number of benzene rings is 3. The summed E-state index contributed by atoms with van der Waals surface area (Å²) in [5.41, 5.74) is 3.96. The molecule has 0 aliphatic carbocycles. The van der Waals surface area contributed by atoms with E-state index in [1.54, 1.807) is 0 Å². The zero-order valence-corrected chi connectivity index (χ0v) is 13.9. The van der Waals surface area contributed by atoms with Crippen molar-refractivity contribution in [3.05, 3.63) is 84.1 Å². The molecular formula is C22H22N2. The lowest BCUT2D eigenvalue weighted by atomic mass is 9.99. The number of aromatic nitrogens is 1. The molecule has 1 aromatic heterocycles. The summed E-state index contributed by atoms with van der Waals surface area (Å²) in [4.78, 5) is 3.35. The molecule has 2 heteroatoms. The summed E-state index contributed by atoms with van der Waals surface area (Å²) in [5, 5.41) is 7.66. The van der Waals surface area contributed by atoms with E-state index in [9.17, 15) is 0 Å². The summed E-state index contributed by atoms with van der Waals surface area (Å²) in [6, 6.07) is 24.0. The molecule has 0 aliphatic rings. The molecule has 4 rings (SSSR count). The van der Waals surface area contributed by atoms with Gasteiger partial charge in [0.05, 0.1) is 0 Å². The monoisotopic (exact) mass is 314 g/mol. The Morgan fingerprint density at radius 3 is 2.54 bits per heavy atom. The molecule has 0 saturated carbocycles. The number of hydrogen-bond donors (Lipinski definition) is 2. The van der Waals surface area contributed by atoms with Gasteiger partial charge in [0.25, 0.3) is 0 Å². The molecule has 3 aromatic carbocycles. The van der Waals surface area contributed by atoms with E-state index in [-0.39, 0.29) is 0 Å². The van der Waals surface area contributed by atoms with Crippen molar-refractivity contribution in [3.8, 4) is 0 Å². The standard InChI is InChI=1S/C22H22N2/c1-16(19-11-6-8-17-7-2-3-9-20(17)19)23-14-13-18-15-24-22-12-5-4-10-21(18)22/h2-12,15-16,23-24H,13-14H2,1H3. The molecule has 24 heavy (non-hydrogen) atoms. The highest BCUT2D eigenvalue weighted by atomic mass is 14.9. The maximum absolute atomic E-state index is 3.68. The van der Waals surface area contributed by atoms with Gasteiger partial charge in [0.2, 0.25) is 0 Å². The van der Waals surface area contributed by atoms with Crippen LogP contribution in [0.1, 0.15) is 24.1 Å². The Bertz CT molecular complexity index is 962. The van der Waals surface area contributed by atoms with Crippen LogP contribution in [0.15, 0.2) is 72.9 Å². The Labute approximate surface area is 142 Å². The van der Waals surface area contributed by atoms with Crippen molar-refractivity contribution < 1.29 is 0 Å². The van der Waals surface area contributed by atoms with Gasteiger partial charge in [-0.25, -0.2) is 0 Å². The first-order chi connectivity index (χ1) is 11.8. The zero-order valence-electron chi connectivity index (χ0n) is 13.9. The number of H-pyrrole nitrogens is 1. The molecule has 0 radical (unpaired) electrons. The number of nitrogens with one attached hydrogen (secondary N) is 2. The van der Waals surface area contributed by atoms with Gasteiger partial charge in [0.15, 0.2) is 0 Å². The Kier molecular flexibility index (Phi) is 4.06. The van der Waals surface area contributed by atoms with Crippen LogP contribution in [-0.4, -0.2) is 11.5 Å². The second kappa shape index (κ2) is 6.50. The summed E-state index contributed by atoms with van der Waals surface area (Å²) < 4.78 is 0. The van der Waals surface area contributed by atoms with Crippen LogP contribution in [0.4, 0.5) is 0 Å². The molecule has 2 N–H and O–H groups in total. The van der Waals surface area contributed by atoms with Gasteiger partial charge in [-0.3, -0.25) is 0 Å². The number of hydrogen-bond acceptors (Lipinski definition) is 1. The lowest BCUT2D eigenvalue weighted by Gasteiger charge is -2.16. The predicted molar refractivity (Wildman–Crippen MR) is 102 cm³/mol. The lowest BCUT2D eigenvalue weighted by Crippen LogP contribution is -2.21. The van der Waals surface area contributed by atoms with Crippen molar-refractivity contribution in [2.75, 3.05) is 6.54 Å². The average molecular weight is 314 g/mol. The normalized spacial score (nSPS) is 12.7. The smallest absolute Gasteiger partial charge is 0.0456 e.